The van der Waals surface area contributed by atoms with Crippen molar-refractivity contribution in [3.63, 3.8) is 0 Å². The van der Waals surface area contributed by atoms with E-state index in [4.69, 9.17) is 0 Å². The second kappa shape index (κ2) is 51.7. The first-order valence-electron chi connectivity index (χ1n) is 26.0. The minimum atomic E-state index is -0.891. The van der Waals surface area contributed by atoms with Crippen molar-refractivity contribution >= 4 is 5.91 Å². The van der Waals surface area contributed by atoms with Crippen LogP contribution in [0.25, 0.3) is 0 Å². The fourth-order valence-electron chi connectivity index (χ4n) is 7.35. The lowest BCUT2D eigenvalue weighted by Gasteiger charge is -2.19. The Morgan fingerprint density at radius 3 is 1.15 bits per heavy atom. The standard InChI is InChI=1S/C57H99NO3/c1-3-5-7-9-11-13-15-17-19-21-23-24-25-26-27-28-29-30-31-32-33-35-36-38-40-42-44-46-48-50-52-56(60)55(54-59)58-57(61)53-51-49-47-45-43-41-39-37-34-22-20-18-16-14-12-10-8-6-4-2/h6,8,12,14,18,20,34-37,41-44,50,52,55-56,59-60H,3-5,7,9-11,13,15-17,19,21-33,38-40,45-49,51,53-54H2,1-2H3,(H,58,61)/b8-6-,14-12-,20-18-,36-35+,37-34-,43-41-,44-42+,52-50+. The van der Waals surface area contributed by atoms with Crippen LogP contribution in [0.4, 0.5) is 0 Å². The first kappa shape index (κ1) is 58.3. The third kappa shape index (κ3) is 48.2. The Labute approximate surface area is 379 Å². The molecular weight excluding hydrogens is 747 g/mol. The zero-order valence-corrected chi connectivity index (χ0v) is 40.2. The molecule has 0 bridgehead atoms. The van der Waals surface area contributed by atoms with Gasteiger partial charge in [0.1, 0.15) is 0 Å². The third-order valence-electron chi connectivity index (χ3n) is 11.3. The fraction of sp³-hybridized carbons (Fsp3) is 0.702. The summed E-state index contributed by atoms with van der Waals surface area (Å²) in [5.74, 6) is -0.112. The van der Waals surface area contributed by atoms with Gasteiger partial charge in [0.05, 0.1) is 18.8 Å². The van der Waals surface area contributed by atoms with Crippen LogP contribution in [0.2, 0.25) is 0 Å². The summed E-state index contributed by atoms with van der Waals surface area (Å²) >= 11 is 0. The molecule has 4 nitrogen and oxygen atoms in total. The molecule has 0 saturated heterocycles. The van der Waals surface area contributed by atoms with Gasteiger partial charge in [0, 0.05) is 6.42 Å². The number of amides is 1. The normalized spacial score (nSPS) is 13.7. The predicted octanol–water partition coefficient (Wildman–Crippen LogP) is 17.0. The number of aliphatic hydroxyl groups excluding tert-OH is 2. The number of hydrogen-bond donors (Lipinski definition) is 3. The van der Waals surface area contributed by atoms with Crippen molar-refractivity contribution < 1.29 is 15.0 Å². The molecule has 0 aliphatic rings. The van der Waals surface area contributed by atoms with E-state index in [1.165, 1.54) is 135 Å². The molecule has 61 heavy (non-hydrogen) atoms. The summed E-state index contributed by atoms with van der Waals surface area (Å²) in [6, 6.07) is -0.670. The first-order valence-corrected chi connectivity index (χ1v) is 26.0. The highest BCUT2D eigenvalue weighted by Gasteiger charge is 2.17. The number of aliphatic hydroxyl groups is 2. The quantitative estimate of drug-likeness (QED) is 0.0422. The molecule has 0 heterocycles. The number of allylic oxidation sites excluding steroid dienone is 15. The summed E-state index contributed by atoms with van der Waals surface area (Å²) in [6.45, 7) is 4.17. The van der Waals surface area contributed by atoms with E-state index in [9.17, 15) is 15.0 Å². The molecule has 2 unspecified atom stereocenters. The van der Waals surface area contributed by atoms with Gasteiger partial charge in [0.15, 0.2) is 0 Å². The summed E-state index contributed by atoms with van der Waals surface area (Å²) in [7, 11) is 0. The number of unbranched alkanes of at least 4 members (excludes halogenated alkanes) is 25. The number of rotatable bonds is 46. The average Bonchev–Trinajstić information content (AvgIpc) is 3.26. The van der Waals surface area contributed by atoms with Crippen molar-refractivity contribution in [3.8, 4) is 0 Å². The lowest BCUT2D eigenvalue weighted by atomic mass is 10.0. The molecule has 1 amide bonds. The molecule has 0 aromatic rings. The van der Waals surface area contributed by atoms with Crippen LogP contribution >= 0.6 is 0 Å². The van der Waals surface area contributed by atoms with E-state index < -0.39 is 12.1 Å². The lowest BCUT2D eigenvalue weighted by molar-refractivity contribution is -0.123. The van der Waals surface area contributed by atoms with Gasteiger partial charge in [-0.15, -0.1) is 0 Å². The summed E-state index contributed by atoms with van der Waals surface area (Å²) < 4.78 is 0. The van der Waals surface area contributed by atoms with E-state index in [2.05, 4.69) is 104 Å². The number of nitrogens with one attached hydrogen (secondary N) is 1. The molecule has 350 valence electrons. The van der Waals surface area contributed by atoms with Gasteiger partial charge >= 0.3 is 0 Å². The van der Waals surface area contributed by atoms with Gasteiger partial charge in [0.2, 0.25) is 5.91 Å². The highest BCUT2D eigenvalue weighted by Crippen LogP contribution is 2.15. The molecule has 0 radical (unpaired) electrons. The number of carbonyl (C=O) groups is 1. The minimum absolute atomic E-state index is 0.112. The highest BCUT2D eigenvalue weighted by atomic mass is 16.3. The maximum Gasteiger partial charge on any atom is 0.220 e. The Hall–Kier alpha value is -2.69. The van der Waals surface area contributed by atoms with Crippen LogP contribution in [0.15, 0.2) is 97.2 Å². The van der Waals surface area contributed by atoms with Crippen LogP contribution in [0.1, 0.15) is 239 Å². The van der Waals surface area contributed by atoms with Crippen LogP contribution in [0, 0.1) is 0 Å². The zero-order chi connectivity index (χ0) is 44.2. The SMILES string of the molecule is CC/C=C\C/C=C\C/C=C\C/C=C\C/C=C\CCCCCC(=O)NC(CO)C(O)/C=C/CC/C=C/CC/C=C/CCCCCCCCCCCCCCCCCCCCCC. The summed E-state index contributed by atoms with van der Waals surface area (Å²) in [6.07, 6.45) is 77.0. The Kier molecular flexibility index (Phi) is 49.4. The number of hydrogen-bond acceptors (Lipinski definition) is 3. The second-order valence-electron chi connectivity index (χ2n) is 17.2. The molecule has 0 spiro atoms. The molecule has 4 heteroatoms. The van der Waals surface area contributed by atoms with Crippen molar-refractivity contribution in [3.05, 3.63) is 97.2 Å². The van der Waals surface area contributed by atoms with Crippen molar-refractivity contribution in [2.75, 3.05) is 6.61 Å². The predicted molar refractivity (Wildman–Crippen MR) is 271 cm³/mol. The molecule has 0 fully saturated rings. The van der Waals surface area contributed by atoms with Crippen molar-refractivity contribution in [2.24, 2.45) is 0 Å². The molecule has 0 aliphatic heterocycles. The van der Waals surface area contributed by atoms with Crippen molar-refractivity contribution in [2.45, 2.75) is 251 Å². The minimum Gasteiger partial charge on any atom is -0.394 e. The van der Waals surface area contributed by atoms with E-state index >= 15 is 0 Å². The van der Waals surface area contributed by atoms with Crippen molar-refractivity contribution in [1.29, 1.82) is 0 Å². The van der Waals surface area contributed by atoms with Gasteiger partial charge in [-0.05, 0) is 89.9 Å². The Morgan fingerprint density at radius 1 is 0.410 bits per heavy atom. The van der Waals surface area contributed by atoms with Gasteiger partial charge in [-0.2, -0.15) is 0 Å². The zero-order valence-electron chi connectivity index (χ0n) is 40.2. The van der Waals surface area contributed by atoms with Gasteiger partial charge < -0.3 is 15.5 Å². The lowest BCUT2D eigenvalue weighted by Crippen LogP contribution is -2.45. The largest absolute Gasteiger partial charge is 0.394 e. The summed E-state index contributed by atoms with van der Waals surface area (Å²) in [5.41, 5.74) is 0. The van der Waals surface area contributed by atoms with Gasteiger partial charge in [-0.25, -0.2) is 0 Å². The van der Waals surface area contributed by atoms with Crippen LogP contribution in [-0.4, -0.2) is 34.9 Å². The van der Waals surface area contributed by atoms with Crippen molar-refractivity contribution in [1.82, 2.24) is 5.32 Å². The monoisotopic (exact) mass is 846 g/mol. The summed E-state index contributed by atoms with van der Waals surface area (Å²) in [5, 5.41) is 23.0. The molecule has 0 aromatic heterocycles. The molecular formula is C57H99NO3. The molecule has 2 atom stereocenters. The average molecular weight is 846 g/mol. The Bertz CT molecular complexity index is 1140. The van der Waals surface area contributed by atoms with E-state index in [-0.39, 0.29) is 12.5 Å². The molecule has 0 aliphatic carbocycles. The van der Waals surface area contributed by atoms with E-state index in [0.29, 0.717) is 6.42 Å². The number of carbonyl (C=O) groups excluding carboxylic acids is 1. The molecule has 3 N–H and O–H groups in total. The van der Waals surface area contributed by atoms with Gasteiger partial charge in [-0.1, -0.05) is 239 Å². The van der Waals surface area contributed by atoms with Gasteiger partial charge in [-0.3, -0.25) is 4.79 Å². The van der Waals surface area contributed by atoms with Crippen LogP contribution in [0.5, 0.6) is 0 Å². The third-order valence-corrected chi connectivity index (χ3v) is 11.3. The molecule has 0 rings (SSSR count). The highest BCUT2D eigenvalue weighted by molar-refractivity contribution is 5.76. The van der Waals surface area contributed by atoms with Crippen LogP contribution in [-0.2, 0) is 4.79 Å². The van der Waals surface area contributed by atoms with E-state index in [1.807, 2.05) is 6.08 Å². The molecule has 0 saturated carbocycles. The summed E-state index contributed by atoms with van der Waals surface area (Å²) in [4.78, 5) is 12.4. The molecule has 0 aromatic carbocycles. The van der Waals surface area contributed by atoms with Gasteiger partial charge in [0.25, 0.3) is 0 Å². The topological polar surface area (TPSA) is 69.6 Å². The first-order chi connectivity index (χ1) is 30.2. The van der Waals surface area contributed by atoms with E-state index in [0.717, 1.165) is 83.5 Å². The fourth-order valence-corrected chi connectivity index (χ4v) is 7.35. The van der Waals surface area contributed by atoms with E-state index in [1.54, 1.807) is 6.08 Å². The van der Waals surface area contributed by atoms with Crippen LogP contribution in [0.3, 0.4) is 0 Å². The Balaban J connectivity index is 3.65. The maximum atomic E-state index is 12.4. The Morgan fingerprint density at radius 2 is 0.738 bits per heavy atom. The maximum absolute atomic E-state index is 12.4. The second-order valence-corrected chi connectivity index (χ2v) is 17.2. The smallest absolute Gasteiger partial charge is 0.220 e. The van der Waals surface area contributed by atoms with Crippen LogP contribution < -0.4 is 5.32 Å².